The van der Waals surface area contributed by atoms with Crippen molar-refractivity contribution < 1.29 is 18.1 Å². The fourth-order valence-corrected chi connectivity index (χ4v) is 4.03. The maximum Gasteiger partial charge on any atom is 0.293 e. The van der Waals surface area contributed by atoms with Crippen molar-refractivity contribution in [3.05, 3.63) is 28.3 Å². The summed E-state index contributed by atoms with van der Waals surface area (Å²) in [4.78, 5) is 12.8. The van der Waals surface area contributed by atoms with Gasteiger partial charge in [-0.15, -0.1) is 0 Å². The van der Waals surface area contributed by atoms with Crippen LogP contribution in [0.2, 0.25) is 0 Å². The molecule has 1 aromatic carbocycles. The van der Waals surface area contributed by atoms with Crippen LogP contribution in [0.3, 0.4) is 0 Å². The average Bonchev–Trinajstić information content (AvgIpc) is 2.59. The molecule has 0 saturated carbocycles. The molecule has 25 heavy (non-hydrogen) atoms. The summed E-state index contributed by atoms with van der Waals surface area (Å²) < 4.78 is 31.8. The van der Waals surface area contributed by atoms with Crippen LogP contribution in [0.1, 0.15) is 6.42 Å². The third-order valence-corrected chi connectivity index (χ3v) is 6.00. The van der Waals surface area contributed by atoms with E-state index in [1.54, 1.807) is 7.11 Å². The number of nitrogens with zero attached hydrogens (tertiary/aromatic N) is 3. The molecule has 0 bridgehead atoms. The van der Waals surface area contributed by atoms with Crippen molar-refractivity contribution in [1.82, 2.24) is 9.21 Å². The zero-order valence-corrected chi connectivity index (χ0v) is 15.3. The number of ether oxygens (including phenoxy) is 1. The summed E-state index contributed by atoms with van der Waals surface area (Å²) in [5, 5.41) is 14.3. The van der Waals surface area contributed by atoms with Crippen LogP contribution in [0.25, 0.3) is 0 Å². The SMILES string of the molecule is COCCCNc1ccc(S(=O)(=O)N2CCN(C)CC2)cc1[N+](=O)[O-]. The second-order valence-electron chi connectivity index (χ2n) is 5.92. The van der Waals surface area contributed by atoms with E-state index in [4.69, 9.17) is 4.74 Å². The number of piperazine rings is 1. The van der Waals surface area contributed by atoms with Crippen molar-refractivity contribution in [3.63, 3.8) is 0 Å². The number of nitrogens with one attached hydrogen (secondary N) is 1. The smallest absolute Gasteiger partial charge is 0.293 e. The molecule has 1 heterocycles. The van der Waals surface area contributed by atoms with Crippen molar-refractivity contribution in [2.45, 2.75) is 11.3 Å². The predicted octanol–water partition coefficient (Wildman–Crippen LogP) is 0.979. The van der Waals surface area contributed by atoms with Gasteiger partial charge in [-0.2, -0.15) is 4.31 Å². The number of anilines is 1. The van der Waals surface area contributed by atoms with E-state index in [9.17, 15) is 18.5 Å². The molecule has 140 valence electrons. The lowest BCUT2D eigenvalue weighted by Crippen LogP contribution is -2.47. The van der Waals surface area contributed by atoms with Gasteiger partial charge < -0.3 is 15.0 Å². The largest absolute Gasteiger partial charge is 0.385 e. The molecule has 1 aliphatic rings. The van der Waals surface area contributed by atoms with Crippen molar-refractivity contribution in [2.24, 2.45) is 0 Å². The molecule has 9 nitrogen and oxygen atoms in total. The van der Waals surface area contributed by atoms with Crippen LogP contribution in [0.15, 0.2) is 23.1 Å². The Hall–Kier alpha value is -1.75. The van der Waals surface area contributed by atoms with Crippen LogP contribution < -0.4 is 5.32 Å². The monoisotopic (exact) mass is 372 g/mol. The molecule has 10 heteroatoms. The topological polar surface area (TPSA) is 105 Å². The van der Waals surface area contributed by atoms with E-state index in [0.717, 1.165) is 6.07 Å². The van der Waals surface area contributed by atoms with E-state index >= 15 is 0 Å². The fourth-order valence-electron chi connectivity index (χ4n) is 2.59. The molecule has 0 atom stereocenters. The van der Waals surface area contributed by atoms with Crippen molar-refractivity contribution >= 4 is 21.4 Å². The number of hydrogen-bond donors (Lipinski definition) is 1. The number of hydrogen-bond acceptors (Lipinski definition) is 7. The molecule has 0 radical (unpaired) electrons. The van der Waals surface area contributed by atoms with Gasteiger partial charge in [0.15, 0.2) is 0 Å². The van der Waals surface area contributed by atoms with Gasteiger partial charge in [0.25, 0.3) is 5.69 Å². The quantitative estimate of drug-likeness (QED) is 0.412. The number of rotatable bonds is 8. The third kappa shape index (κ3) is 4.88. The molecule has 0 amide bonds. The van der Waals surface area contributed by atoms with Crippen molar-refractivity contribution in [3.8, 4) is 0 Å². The van der Waals surface area contributed by atoms with Gasteiger partial charge in [-0.1, -0.05) is 0 Å². The molecule has 0 unspecified atom stereocenters. The second-order valence-corrected chi connectivity index (χ2v) is 7.85. The Balaban J connectivity index is 2.21. The van der Waals surface area contributed by atoms with Gasteiger partial charge in [-0.05, 0) is 25.6 Å². The minimum Gasteiger partial charge on any atom is -0.385 e. The van der Waals surface area contributed by atoms with Crippen molar-refractivity contribution in [2.75, 3.05) is 58.8 Å². The Morgan fingerprint density at radius 3 is 2.56 bits per heavy atom. The van der Waals surface area contributed by atoms with Crippen LogP contribution >= 0.6 is 0 Å². The number of likely N-dealkylation sites (N-methyl/N-ethyl adjacent to an activating group) is 1. The van der Waals surface area contributed by atoms with Gasteiger partial charge in [0.2, 0.25) is 10.0 Å². The highest BCUT2D eigenvalue weighted by atomic mass is 32.2. The summed E-state index contributed by atoms with van der Waals surface area (Å²) in [5.74, 6) is 0. The summed E-state index contributed by atoms with van der Waals surface area (Å²) in [6, 6.07) is 4.00. The van der Waals surface area contributed by atoms with Gasteiger partial charge in [0.05, 0.1) is 9.82 Å². The minimum absolute atomic E-state index is 0.0498. The Kier molecular flexibility index (Phi) is 6.71. The Morgan fingerprint density at radius 2 is 1.96 bits per heavy atom. The standard InChI is InChI=1S/C15H24N4O5S/c1-17-7-9-18(10-8-17)25(22,23)13-4-5-14(15(12-13)19(20)21)16-6-3-11-24-2/h4-5,12,16H,3,6-11H2,1-2H3. The first-order chi connectivity index (χ1) is 11.9. The van der Waals surface area contributed by atoms with E-state index in [2.05, 4.69) is 5.32 Å². The first-order valence-electron chi connectivity index (χ1n) is 8.06. The zero-order chi connectivity index (χ0) is 18.4. The molecule has 1 aliphatic heterocycles. The van der Waals surface area contributed by atoms with Crippen LogP contribution in [-0.2, 0) is 14.8 Å². The summed E-state index contributed by atoms with van der Waals surface area (Å²) in [7, 11) is -0.220. The van der Waals surface area contributed by atoms with Crippen LogP contribution in [-0.4, -0.2) is 76.0 Å². The molecular formula is C15H24N4O5S. The van der Waals surface area contributed by atoms with Crippen LogP contribution in [0.4, 0.5) is 11.4 Å². The van der Waals surface area contributed by atoms with E-state index in [-0.39, 0.29) is 10.6 Å². The number of nitro benzene ring substituents is 1. The molecule has 0 spiro atoms. The maximum absolute atomic E-state index is 12.7. The molecule has 1 fully saturated rings. The lowest BCUT2D eigenvalue weighted by Gasteiger charge is -2.31. The molecule has 0 aromatic heterocycles. The van der Waals surface area contributed by atoms with E-state index in [1.165, 1.54) is 16.4 Å². The molecule has 1 saturated heterocycles. The average molecular weight is 372 g/mol. The van der Waals surface area contributed by atoms with Crippen LogP contribution in [0, 0.1) is 10.1 Å². The lowest BCUT2D eigenvalue weighted by atomic mass is 10.2. The molecular weight excluding hydrogens is 348 g/mol. The summed E-state index contributed by atoms with van der Waals surface area (Å²) in [6.45, 7) is 3.07. The molecule has 1 N–H and O–H groups in total. The second kappa shape index (κ2) is 8.56. The zero-order valence-electron chi connectivity index (χ0n) is 14.5. The van der Waals surface area contributed by atoms with Crippen LogP contribution in [0.5, 0.6) is 0 Å². The fraction of sp³-hybridized carbons (Fsp3) is 0.600. The Labute approximate surface area is 147 Å². The highest BCUT2D eigenvalue weighted by Crippen LogP contribution is 2.29. The first kappa shape index (κ1) is 19.6. The minimum atomic E-state index is -3.73. The van der Waals surface area contributed by atoms with Crippen molar-refractivity contribution in [1.29, 1.82) is 0 Å². The summed E-state index contributed by atoms with van der Waals surface area (Å²) >= 11 is 0. The molecule has 0 aliphatic carbocycles. The van der Waals surface area contributed by atoms with E-state index in [1.807, 2.05) is 11.9 Å². The predicted molar refractivity (Wildman–Crippen MR) is 94.3 cm³/mol. The normalized spacial score (nSPS) is 16.7. The highest BCUT2D eigenvalue weighted by molar-refractivity contribution is 7.89. The number of methoxy groups -OCH3 is 1. The number of nitro groups is 1. The maximum atomic E-state index is 12.7. The number of sulfonamides is 1. The Morgan fingerprint density at radius 1 is 1.28 bits per heavy atom. The van der Waals surface area contributed by atoms with E-state index < -0.39 is 14.9 Å². The van der Waals surface area contributed by atoms with Gasteiger partial charge in [0.1, 0.15) is 5.69 Å². The Bertz CT molecular complexity index is 702. The van der Waals surface area contributed by atoms with Gasteiger partial charge in [0, 0.05) is 52.5 Å². The number of benzene rings is 1. The molecule has 2 rings (SSSR count). The molecule has 1 aromatic rings. The summed E-state index contributed by atoms with van der Waals surface area (Å²) in [6.07, 6.45) is 0.689. The third-order valence-electron chi connectivity index (χ3n) is 4.11. The summed E-state index contributed by atoms with van der Waals surface area (Å²) in [5.41, 5.74) is 0.0612. The lowest BCUT2D eigenvalue weighted by molar-refractivity contribution is -0.384. The van der Waals surface area contributed by atoms with Gasteiger partial charge >= 0.3 is 0 Å². The highest BCUT2D eigenvalue weighted by Gasteiger charge is 2.29. The van der Waals surface area contributed by atoms with Gasteiger partial charge in [-0.3, -0.25) is 10.1 Å². The van der Waals surface area contributed by atoms with Gasteiger partial charge in [-0.25, -0.2) is 8.42 Å². The first-order valence-corrected chi connectivity index (χ1v) is 9.50. The van der Waals surface area contributed by atoms with E-state index in [0.29, 0.717) is 51.4 Å².